The van der Waals surface area contributed by atoms with E-state index >= 15 is 0 Å². The van der Waals surface area contributed by atoms with E-state index in [4.69, 9.17) is 0 Å². The molecule has 3 aromatic rings. The van der Waals surface area contributed by atoms with Crippen LogP contribution in [0, 0.1) is 0 Å². The number of aromatic hydroxyl groups is 2. The van der Waals surface area contributed by atoms with Gasteiger partial charge in [0, 0.05) is 14.6 Å². The van der Waals surface area contributed by atoms with Crippen LogP contribution in [0.15, 0.2) is 46.9 Å². The Morgan fingerprint density at radius 2 is 1.67 bits per heavy atom. The van der Waals surface area contributed by atoms with Crippen molar-refractivity contribution in [2.75, 3.05) is 0 Å². The van der Waals surface area contributed by atoms with Crippen LogP contribution in [0.2, 0.25) is 0 Å². The molecule has 90 valence electrons. The Bertz CT molecular complexity index is 716. The van der Waals surface area contributed by atoms with Gasteiger partial charge in [-0.15, -0.1) is 11.3 Å². The molecule has 0 amide bonds. The molecule has 0 saturated carbocycles. The van der Waals surface area contributed by atoms with Crippen LogP contribution in [0.25, 0.3) is 20.5 Å². The molecule has 4 heteroatoms. The Morgan fingerprint density at radius 3 is 2.39 bits per heavy atom. The van der Waals surface area contributed by atoms with E-state index in [1.165, 1.54) is 11.3 Å². The fourth-order valence-corrected chi connectivity index (χ4v) is 3.27. The Kier molecular flexibility index (Phi) is 2.76. The lowest BCUT2D eigenvalue weighted by atomic mass is 10.1. The van der Waals surface area contributed by atoms with Crippen molar-refractivity contribution >= 4 is 37.4 Å². The lowest BCUT2D eigenvalue weighted by Crippen LogP contribution is -1.72. The average Bonchev–Trinajstić information content (AvgIpc) is 2.67. The lowest BCUT2D eigenvalue weighted by Gasteiger charge is -1.98. The fourth-order valence-electron chi connectivity index (χ4n) is 1.87. The average molecular weight is 321 g/mol. The molecule has 2 N–H and O–H groups in total. The van der Waals surface area contributed by atoms with Gasteiger partial charge in [-0.25, -0.2) is 0 Å². The minimum Gasteiger partial charge on any atom is -0.508 e. The SMILES string of the molecule is Oc1ccc2c(O)c(-c3ccc(Br)cc3)sc2c1. The highest BCUT2D eigenvalue weighted by atomic mass is 79.9. The van der Waals surface area contributed by atoms with Crippen LogP contribution in [0.3, 0.4) is 0 Å². The van der Waals surface area contributed by atoms with E-state index in [-0.39, 0.29) is 11.5 Å². The van der Waals surface area contributed by atoms with E-state index in [0.717, 1.165) is 25.0 Å². The van der Waals surface area contributed by atoms with Gasteiger partial charge in [0.1, 0.15) is 11.5 Å². The van der Waals surface area contributed by atoms with Crippen molar-refractivity contribution in [1.29, 1.82) is 0 Å². The van der Waals surface area contributed by atoms with Crippen molar-refractivity contribution in [2.45, 2.75) is 0 Å². The monoisotopic (exact) mass is 320 g/mol. The summed E-state index contributed by atoms with van der Waals surface area (Å²) in [7, 11) is 0. The smallest absolute Gasteiger partial charge is 0.142 e. The molecule has 0 aliphatic carbocycles. The van der Waals surface area contributed by atoms with Crippen LogP contribution in [-0.2, 0) is 0 Å². The molecule has 3 rings (SSSR count). The Labute approximate surface area is 116 Å². The van der Waals surface area contributed by atoms with Crippen molar-refractivity contribution in [1.82, 2.24) is 0 Å². The third-order valence-corrected chi connectivity index (χ3v) is 4.47. The van der Waals surface area contributed by atoms with Gasteiger partial charge in [0.15, 0.2) is 0 Å². The molecule has 1 aromatic heterocycles. The predicted molar refractivity (Wildman–Crippen MR) is 78.3 cm³/mol. The summed E-state index contributed by atoms with van der Waals surface area (Å²) in [5.41, 5.74) is 0.969. The van der Waals surface area contributed by atoms with Gasteiger partial charge in [0.25, 0.3) is 0 Å². The third-order valence-electron chi connectivity index (χ3n) is 2.75. The molecule has 0 unspecified atom stereocenters. The highest BCUT2D eigenvalue weighted by Crippen LogP contribution is 2.44. The summed E-state index contributed by atoms with van der Waals surface area (Å²) in [6.07, 6.45) is 0. The summed E-state index contributed by atoms with van der Waals surface area (Å²) in [5, 5.41) is 20.5. The first-order valence-electron chi connectivity index (χ1n) is 5.35. The summed E-state index contributed by atoms with van der Waals surface area (Å²) in [6, 6.07) is 12.8. The quantitative estimate of drug-likeness (QED) is 0.679. The van der Waals surface area contributed by atoms with Gasteiger partial charge in [0.2, 0.25) is 0 Å². The van der Waals surface area contributed by atoms with E-state index in [1.807, 2.05) is 24.3 Å². The summed E-state index contributed by atoms with van der Waals surface area (Å²) in [6.45, 7) is 0. The van der Waals surface area contributed by atoms with Crippen LogP contribution >= 0.6 is 27.3 Å². The highest BCUT2D eigenvalue weighted by Gasteiger charge is 2.13. The van der Waals surface area contributed by atoms with Crippen molar-refractivity contribution in [3.63, 3.8) is 0 Å². The van der Waals surface area contributed by atoms with Crippen LogP contribution in [0.5, 0.6) is 11.5 Å². The number of rotatable bonds is 1. The summed E-state index contributed by atoms with van der Waals surface area (Å²) in [5.74, 6) is 0.489. The number of thiophene rings is 1. The number of hydrogen-bond donors (Lipinski definition) is 2. The number of halogens is 1. The molecule has 0 spiro atoms. The Balaban J connectivity index is 2.23. The molecule has 0 bridgehead atoms. The zero-order chi connectivity index (χ0) is 12.7. The maximum absolute atomic E-state index is 10.2. The van der Waals surface area contributed by atoms with E-state index in [9.17, 15) is 10.2 Å². The molecule has 0 aliphatic heterocycles. The van der Waals surface area contributed by atoms with Gasteiger partial charge in [-0.3, -0.25) is 0 Å². The fraction of sp³-hybridized carbons (Fsp3) is 0. The van der Waals surface area contributed by atoms with Gasteiger partial charge in [-0.05, 0) is 35.9 Å². The number of phenolic OH excluding ortho intramolecular Hbond substituents is 1. The standard InChI is InChI=1S/C14H9BrO2S/c15-9-3-1-8(2-4-9)14-13(17)11-6-5-10(16)7-12(11)18-14/h1-7,16-17H. The van der Waals surface area contributed by atoms with E-state index < -0.39 is 0 Å². The molecule has 0 aliphatic rings. The molecule has 0 fully saturated rings. The topological polar surface area (TPSA) is 40.5 Å². The Hall–Kier alpha value is -1.52. The second-order valence-corrected chi connectivity index (χ2v) is 5.94. The number of benzene rings is 2. The van der Waals surface area contributed by atoms with Gasteiger partial charge in [-0.2, -0.15) is 0 Å². The zero-order valence-corrected chi connectivity index (χ0v) is 11.6. The van der Waals surface area contributed by atoms with Crippen molar-refractivity contribution in [2.24, 2.45) is 0 Å². The molecular formula is C14H9BrO2S. The first-order valence-corrected chi connectivity index (χ1v) is 6.96. The Morgan fingerprint density at radius 1 is 0.944 bits per heavy atom. The van der Waals surface area contributed by atoms with E-state index in [1.54, 1.807) is 18.2 Å². The van der Waals surface area contributed by atoms with Crippen LogP contribution < -0.4 is 0 Å². The summed E-state index contributed by atoms with van der Waals surface area (Å²) < 4.78 is 1.88. The van der Waals surface area contributed by atoms with Crippen LogP contribution in [-0.4, -0.2) is 10.2 Å². The molecule has 1 heterocycles. The van der Waals surface area contributed by atoms with Gasteiger partial charge in [0.05, 0.1) is 4.88 Å². The zero-order valence-electron chi connectivity index (χ0n) is 9.22. The van der Waals surface area contributed by atoms with E-state index in [0.29, 0.717) is 0 Å². The van der Waals surface area contributed by atoms with Crippen LogP contribution in [0.4, 0.5) is 0 Å². The molecule has 18 heavy (non-hydrogen) atoms. The number of phenols is 1. The van der Waals surface area contributed by atoms with Crippen molar-refractivity contribution < 1.29 is 10.2 Å². The number of fused-ring (bicyclic) bond motifs is 1. The normalized spacial score (nSPS) is 10.9. The first-order chi connectivity index (χ1) is 8.65. The molecule has 0 atom stereocenters. The van der Waals surface area contributed by atoms with Gasteiger partial charge in [-0.1, -0.05) is 28.1 Å². The maximum atomic E-state index is 10.2. The predicted octanol–water partition coefficient (Wildman–Crippen LogP) is 4.74. The molecule has 2 aromatic carbocycles. The molecule has 0 saturated heterocycles. The maximum Gasteiger partial charge on any atom is 0.142 e. The third kappa shape index (κ3) is 1.87. The lowest BCUT2D eigenvalue weighted by molar-refractivity contribution is 0.476. The second-order valence-electron chi connectivity index (χ2n) is 3.97. The number of hydrogen-bond acceptors (Lipinski definition) is 3. The second kappa shape index (κ2) is 4.30. The van der Waals surface area contributed by atoms with E-state index in [2.05, 4.69) is 15.9 Å². The van der Waals surface area contributed by atoms with Crippen molar-refractivity contribution in [3.8, 4) is 21.9 Å². The highest BCUT2D eigenvalue weighted by molar-refractivity contribution is 9.10. The van der Waals surface area contributed by atoms with Gasteiger partial charge >= 0.3 is 0 Å². The minimum atomic E-state index is 0.214. The summed E-state index contributed by atoms with van der Waals surface area (Å²) in [4.78, 5) is 0.822. The molecule has 2 nitrogen and oxygen atoms in total. The molecular weight excluding hydrogens is 312 g/mol. The first kappa shape index (κ1) is 11.6. The van der Waals surface area contributed by atoms with Gasteiger partial charge < -0.3 is 10.2 Å². The minimum absolute atomic E-state index is 0.214. The van der Waals surface area contributed by atoms with Crippen LogP contribution in [0.1, 0.15) is 0 Å². The largest absolute Gasteiger partial charge is 0.508 e. The van der Waals surface area contributed by atoms with Crippen molar-refractivity contribution in [3.05, 3.63) is 46.9 Å². The molecule has 0 radical (unpaired) electrons. The summed E-state index contributed by atoms with van der Waals surface area (Å²) >= 11 is 4.86.